The molecule has 11 heteroatoms. The van der Waals surface area contributed by atoms with E-state index in [0.29, 0.717) is 0 Å². The van der Waals surface area contributed by atoms with Gasteiger partial charge in [-0.2, -0.15) is 31.5 Å². The fraction of sp³-hybridized carbons (Fsp3) is 0.125. The number of nitrogens with one attached hydrogen (secondary N) is 2. The molecule has 6 nitrogen and oxygen atoms in total. The van der Waals surface area contributed by atoms with Crippen LogP contribution in [0.5, 0.6) is 0 Å². The van der Waals surface area contributed by atoms with E-state index in [1.54, 1.807) is 5.32 Å². The second-order valence-corrected chi connectivity index (χ2v) is 6.94. The molecule has 0 aliphatic rings. The molecule has 2 aromatic carbocycles. The number of nitrogens with zero attached hydrogens (tertiary/aromatic N) is 1. The Morgan fingerprint density at radius 2 is 1.70 bits per heavy atom. The summed E-state index contributed by atoms with van der Waals surface area (Å²) < 4.78 is 73.9. The molecule has 0 aliphatic heterocycles. The maximum absolute atomic E-state index is 12.9. The Labute approximate surface area is 151 Å². The Morgan fingerprint density at radius 1 is 1.07 bits per heavy atom. The van der Waals surface area contributed by atoms with E-state index in [0.717, 1.165) is 24.3 Å². The van der Waals surface area contributed by atoms with Crippen LogP contribution in [0.2, 0.25) is 0 Å². The number of hydrogen-bond acceptors (Lipinski definition) is 4. The molecule has 27 heavy (non-hydrogen) atoms. The van der Waals surface area contributed by atoms with Gasteiger partial charge in [-0.25, -0.2) is 4.39 Å². The predicted octanol–water partition coefficient (Wildman–Crippen LogP) is 3.03. The van der Waals surface area contributed by atoms with Crippen LogP contribution in [-0.2, 0) is 14.8 Å². The summed E-state index contributed by atoms with van der Waals surface area (Å²) >= 11 is 0. The van der Waals surface area contributed by atoms with E-state index in [1.165, 1.54) is 31.2 Å². The van der Waals surface area contributed by atoms with Gasteiger partial charge in [0.1, 0.15) is 5.82 Å². The Hall–Kier alpha value is -2.95. The lowest BCUT2D eigenvalue weighted by molar-refractivity contribution is -0.167. The summed E-state index contributed by atoms with van der Waals surface area (Å²) in [6, 6.07) is 9.32. The number of carbonyl (C=O) groups excluding carboxylic acids is 1. The maximum Gasteiger partial charge on any atom is 0.471 e. The lowest BCUT2D eigenvalue weighted by Gasteiger charge is -2.09. The SMILES string of the molecule is C/C(=N/NS(=O)(=O)c1ccc(F)cc1)c1cccc(NC(=O)C(F)(F)F)c1. The van der Waals surface area contributed by atoms with Crippen molar-refractivity contribution < 1.29 is 30.8 Å². The number of amides is 1. The van der Waals surface area contributed by atoms with Crippen molar-refractivity contribution in [1.82, 2.24) is 4.83 Å². The minimum absolute atomic E-state index is 0.129. The number of carbonyl (C=O) groups is 1. The van der Waals surface area contributed by atoms with E-state index >= 15 is 0 Å². The fourth-order valence-electron chi connectivity index (χ4n) is 1.88. The van der Waals surface area contributed by atoms with E-state index in [9.17, 15) is 30.8 Å². The first kappa shape index (κ1) is 20.4. The van der Waals surface area contributed by atoms with Crippen LogP contribution in [0.1, 0.15) is 12.5 Å². The smallest absolute Gasteiger partial charge is 0.318 e. The van der Waals surface area contributed by atoms with E-state index in [1.807, 2.05) is 4.83 Å². The highest BCUT2D eigenvalue weighted by Crippen LogP contribution is 2.19. The molecule has 2 aromatic rings. The highest BCUT2D eigenvalue weighted by Gasteiger charge is 2.38. The molecule has 0 heterocycles. The van der Waals surface area contributed by atoms with Crippen LogP contribution in [-0.4, -0.2) is 26.2 Å². The van der Waals surface area contributed by atoms with Gasteiger partial charge in [0.25, 0.3) is 10.0 Å². The molecule has 0 fully saturated rings. The summed E-state index contributed by atoms with van der Waals surface area (Å²) in [5, 5.41) is 5.37. The Kier molecular flexibility index (Phi) is 5.84. The summed E-state index contributed by atoms with van der Waals surface area (Å²) in [6.45, 7) is 1.41. The van der Waals surface area contributed by atoms with Gasteiger partial charge in [0.2, 0.25) is 0 Å². The fourth-order valence-corrected chi connectivity index (χ4v) is 2.74. The predicted molar refractivity (Wildman–Crippen MR) is 90.1 cm³/mol. The second kappa shape index (κ2) is 7.74. The van der Waals surface area contributed by atoms with Gasteiger partial charge in [0, 0.05) is 5.69 Å². The number of alkyl halides is 3. The van der Waals surface area contributed by atoms with Crippen molar-refractivity contribution in [1.29, 1.82) is 0 Å². The van der Waals surface area contributed by atoms with E-state index < -0.39 is 27.9 Å². The normalized spacial score (nSPS) is 12.6. The van der Waals surface area contributed by atoms with Gasteiger partial charge in [-0.05, 0) is 48.9 Å². The van der Waals surface area contributed by atoms with Crippen molar-refractivity contribution in [3.63, 3.8) is 0 Å². The monoisotopic (exact) mass is 403 g/mol. The van der Waals surface area contributed by atoms with E-state index in [2.05, 4.69) is 5.10 Å². The van der Waals surface area contributed by atoms with Crippen molar-refractivity contribution >= 4 is 27.3 Å². The minimum atomic E-state index is -5.04. The first-order chi connectivity index (χ1) is 12.5. The average Bonchev–Trinajstić information content (AvgIpc) is 2.59. The van der Waals surface area contributed by atoms with Crippen LogP contribution in [0.25, 0.3) is 0 Å². The number of halogens is 4. The van der Waals surface area contributed by atoms with Crippen molar-refractivity contribution in [2.24, 2.45) is 5.10 Å². The van der Waals surface area contributed by atoms with Gasteiger partial charge >= 0.3 is 12.1 Å². The summed E-state index contributed by atoms with van der Waals surface area (Å²) in [5.41, 5.74) is 0.270. The number of sulfonamides is 1. The highest BCUT2D eigenvalue weighted by molar-refractivity contribution is 7.89. The zero-order valence-electron chi connectivity index (χ0n) is 13.7. The summed E-state index contributed by atoms with van der Waals surface area (Å²) in [7, 11) is -4.05. The second-order valence-electron chi connectivity index (χ2n) is 5.28. The van der Waals surface area contributed by atoms with Crippen LogP contribution in [0.3, 0.4) is 0 Å². The largest absolute Gasteiger partial charge is 0.471 e. The molecular weight excluding hydrogens is 390 g/mol. The number of hydrogen-bond donors (Lipinski definition) is 2. The zero-order valence-corrected chi connectivity index (χ0v) is 14.5. The van der Waals surface area contributed by atoms with Crippen LogP contribution in [0.4, 0.5) is 23.2 Å². The lowest BCUT2D eigenvalue weighted by atomic mass is 10.1. The Balaban J connectivity index is 2.17. The maximum atomic E-state index is 12.9. The molecule has 2 N–H and O–H groups in total. The first-order valence-electron chi connectivity index (χ1n) is 7.29. The molecule has 2 rings (SSSR count). The minimum Gasteiger partial charge on any atom is -0.318 e. The summed E-state index contributed by atoms with van der Waals surface area (Å²) in [6.07, 6.45) is -5.04. The lowest BCUT2D eigenvalue weighted by Crippen LogP contribution is -2.29. The molecule has 0 bridgehead atoms. The van der Waals surface area contributed by atoms with Gasteiger partial charge in [0.05, 0.1) is 10.6 Å². The molecule has 0 unspecified atom stereocenters. The third kappa shape index (κ3) is 5.51. The van der Waals surface area contributed by atoms with Gasteiger partial charge in [0.15, 0.2) is 0 Å². The van der Waals surface area contributed by atoms with E-state index in [-0.39, 0.29) is 21.9 Å². The van der Waals surface area contributed by atoms with Crippen molar-refractivity contribution in [2.45, 2.75) is 18.0 Å². The van der Waals surface area contributed by atoms with Crippen LogP contribution in [0.15, 0.2) is 58.5 Å². The van der Waals surface area contributed by atoms with Crippen molar-refractivity contribution in [2.75, 3.05) is 5.32 Å². The average molecular weight is 403 g/mol. The number of anilines is 1. The molecule has 0 saturated heterocycles. The summed E-state index contributed by atoms with van der Waals surface area (Å²) in [4.78, 5) is 12.7. The third-order valence-electron chi connectivity index (χ3n) is 3.25. The van der Waals surface area contributed by atoms with Crippen molar-refractivity contribution in [3.05, 3.63) is 59.9 Å². The molecular formula is C16H13F4N3O3S. The molecule has 0 radical (unpaired) electrons. The van der Waals surface area contributed by atoms with Crippen LogP contribution in [0, 0.1) is 5.82 Å². The molecule has 0 aliphatic carbocycles. The molecule has 144 valence electrons. The molecule has 0 saturated carbocycles. The zero-order chi connectivity index (χ0) is 20.2. The molecule has 1 amide bonds. The van der Waals surface area contributed by atoms with Gasteiger partial charge < -0.3 is 5.32 Å². The highest BCUT2D eigenvalue weighted by atomic mass is 32.2. The number of benzene rings is 2. The third-order valence-corrected chi connectivity index (χ3v) is 4.48. The summed E-state index contributed by atoms with van der Waals surface area (Å²) in [5.74, 6) is -2.74. The Morgan fingerprint density at radius 3 is 2.30 bits per heavy atom. The van der Waals surface area contributed by atoms with Crippen LogP contribution >= 0.6 is 0 Å². The van der Waals surface area contributed by atoms with Crippen LogP contribution < -0.4 is 10.1 Å². The Bertz CT molecular complexity index is 971. The number of hydrazone groups is 1. The van der Waals surface area contributed by atoms with Gasteiger partial charge in [-0.15, -0.1) is 0 Å². The van der Waals surface area contributed by atoms with Crippen molar-refractivity contribution in [3.8, 4) is 0 Å². The first-order valence-corrected chi connectivity index (χ1v) is 8.77. The molecule has 0 atom stereocenters. The van der Waals surface area contributed by atoms with E-state index in [4.69, 9.17) is 0 Å². The standard InChI is InChI=1S/C16H13F4N3O3S/c1-10(22-23-27(25,26)14-7-5-12(17)6-8-14)11-3-2-4-13(9-11)21-15(24)16(18,19)20/h2-9,23H,1H3,(H,21,24)/b22-10-. The topological polar surface area (TPSA) is 87.6 Å². The quantitative estimate of drug-likeness (QED) is 0.457. The van der Waals surface area contributed by atoms with Gasteiger partial charge in [-0.3, -0.25) is 4.79 Å². The number of rotatable bonds is 5. The van der Waals surface area contributed by atoms with Gasteiger partial charge in [-0.1, -0.05) is 12.1 Å². The molecule has 0 spiro atoms. The molecule has 0 aromatic heterocycles.